The molecule has 0 saturated heterocycles. The van der Waals surface area contributed by atoms with E-state index in [4.69, 9.17) is 5.73 Å². The molecule has 1 fully saturated rings. The molecule has 30 heavy (non-hydrogen) atoms. The van der Waals surface area contributed by atoms with E-state index in [0.717, 1.165) is 0 Å². The first-order valence-corrected chi connectivity index (χ1v) is 8.91. The second-order valence-electron chi connectivity index (χ2n) is 7.23. The van der Waals surface area contributed by atoms with Crippen molar-refractivity contribution in [3.05, 3.63) is 41.2 Å². The van der Waals surface area contributed by atoms with Gasteiger partial charge in [0.15, 0.2) is 0 Å². The number of halogens is 4. The highest BCUT2D eigenvalue weighted by molar-refractivity contribution is 5.96. The minimum absolute atomic E-state index is 0. The minimum atomic E-state index is -4.40. The molecule has 5 N–H and O–H groups in total. The Balaban J connectivity index is 0.00000256. The van der Waals surface area contributed by atoms with E-state index >= 15 is 0 Å². The standard InChI is InChI=1S/C19H18F3N5O2.ClH/c1-9-16(24-8-19(20,21)22)27-14-10(3-2-4-12(14)25-9)13-7-11(17(28)29)15(26-13)18(23)5-6-18;/h2-4,7,26H,5-6,8,23H2,1H3,(H,24,27)(H,28,29);1H. The Morgan fingerprint density at radius 2 is 2.03 bits per heavy atom. The van der Waals surface area contributed by atoms with E-state index in [1.54, 1.807) is 25.1 Å². The van der Waals surface area contributed by atoms with Gasteiger partial charge in [-0.3, -0.25) is 0 Å². The van der Waals surface area contributed by atoms with Crippen LogP contribution in [0.3, 0.4) is 0 Å². The molecule has 0 bridgehead atoms. The molecular formula is C19H19ClF3N5O2. The first-order chi connectivity index (χ1) is 13.6. The van der Waals surface area contributed by atoms with Crippen molar-refractivity contribution in [2.75, 3.05) is 11.9 Å². The van der Waals surface area contributed by atoms with Gasteiger partial charge in [0, 0.05) is 11.3 Å². The summed E-state index contributed by atoms with van der Waals surface area (Å²) >= 11 is 0. The van der Waals surface area contributed by atoms with Gasteiger partial charge in [-0.1, -0.05) is 12.1 Å². The number of anilines is 1. The number of H-pyrrole nitrogens is 1. The number of fused-ring (bicyclic) bond motifs is 1. The number of hydrogen-bond donors (Lipinski definition) is 4. The fraction of sp³-hybridized carbons (Fsp3) is 0.316. The average molecular weight is 442 g/mol. The van der Waals surface area contributed by atoms with E-state index in [1.165, 1.54) is 6.07 Å². The van der Waals surface area contributed by atoms with Gasteiger partial charge in [-0.25, -0.2) is 14.8 Å². The van der Waals surface area contributed by atoms with Gasteiger partial charge in [0.25, 0.3) is 0 Å². The van der Waals surface area contributed by atoms with Crippen LogP contribution in [0.25, 0.3) is 22.3 Å². The summed E-state index contributed by atoms with van der Waals surface area (Å²) in [6.45, 7) is 0.333. The quantitative estimate of drug-likeness (QED) is 0.476. The summed E-state index contributed by atoms with van der Waals surface area (Å²) < 4.78 is 37.8. The lowest BCUT2D eigenvalue weighted by molar-refractivity contribution is -0.115. The number of nitrogens with zero attached hydrogens (tertiary/aromatic N) is 2. The Labute approximate surface area is 175 Å². The van der Waals surface area contributed by atoms with Gasteiger partial charge >= 0.3 is 12.1 Å². The second kappa shape index (κ2) is 7.44. The van der Waals surface area contributed by atoms with Crippen molar-refractivity contribution in [2.45, 2.75) is 31.5 Å². The van der Waals surface area contributed by atoms with Crippen molar-refractivity contribution >= 4 is 35.2 Å². The van der Waals surface area contributed by atoms with Crippen molar-refractivity contribution < 1.29 is 23.1 Å². The maximum Gasteiger partial charge on any atom is 0.405 e. The smallest absolute Gasteiger partial charge is 0.405 e. The molecule has 0 radical (unpaired) electrons. The molecule has 1 aliphatic rings. The minimum Gasteiger partial charge on any atom is -0.478 e. The monoisotopic (exact) mass is 441 g/mol. The summed E-state index contributed by atoms with van der Waals surface area (Å²) in [4.78, 5) is 23.4. The highest BCUT2D eigenvalue weighted by Crippen LogP contribution is 2.45. The van der Waals surface area contributed by atoms with Gasteiger partial charge in [-0.2, -0.15) is 13.2 Å². The van der Waals surface area contributed by atoms with Crippen LogP contribution >= 0.6 is 12.4 Å². The number of para-hydroxylation sites is 1. The summed E-state index contributed by atoms with van der Waals surface area (Å²) in [5.41, 5.74) is 8.19. The van der Waals surface area contributed by atoms with Gasteiger partial charge in [-0.05, 0) is 31.9 Å². The molecule has 2 aromatic heterocycles. The Morgan fingerprint density at radius 3 is 2.63 bits per heavy atom. The van der Waals surface area contributed by atoms with E-state index in [-0.39, 0.29) is 23.8 Å². The third-order valence-corrected chi connectivity index (χ3v) is 4.95. The molecule has 160 valence electrons. The lowest BCUT2D eigenvalue weighted by atomic mass is 10.1. The van der Waals surface area contributed by atoms with Crippen molar-refractivity contribution in [1.29, 1.82) is 0 Å². The molecule has 0 aliphatic heterocycles. The Kier molecular flexibility index (Phi) is 5.42. The summed E-state index contributed by atoms with van der Waals surface area (Å²) in [6.07, 6.45) is -3.05. The molecule has 1 aliphatic carbocycles. The van der Waals surface area contributed by atoms with Gasteiger partial charge in [0.05, 0.1) is 28.0 Å². The molecule has 2 heterocycles. The molecule has 7 nitrogen and oxygen atoms in total. The number of aryl methyl sites for hydroxylation is 1. The number of carboxylic acids is 1. The first-order valence-electron chi connectivity index (χ1n) is 8.91. The lowest BCUT2D eigenvalue weighted by Gasteiger charge is -2.13. The van der Waals surface area contributed by atoms with Gasteiger partial charge < -0.3 is 21.1 Å². The molecule has 3 aromatic rings. The normalized spacial score (nSPS) is 15.0. The number of aromatic nitrogens is 3. The SMILES string of the molecule is Cc1nc2cccc(-c3cc(C(=O)O)c(C4(N)CC4)[nH]3)c2nc1NCC(F)(F)F.Cl. The third kappa shape index (κ3) is 4.05. The fourth-order valence-corrected chi connectivity index (χ4v) is 3.28. The Bertz CT molecular complexity index is 1130. The van der Waals surface area contributed by atoms with Crippen molar-refractivity contribution in [3.8, 4) is 11.3 Å². The van der Waals surface area contributed by atoms with Crippen LogP contribution in [0.2, 0.25) is 0 Å². The van der Waals surface area contributed by atoms with Crippen LogP contribution in [0.5, 0.6) is 0 Å². The molecule has 0 amide bonds. The van der Waals surface area contributed by atoms with E-state index in [9.17, 15) is 23.1 Å². The molecule has 1 saturated carbocycles. The topological polar surface area (TPSA) is 117 Å². The summed E-state index contributed by atoms with van der Waals surface area (Å²) in [5, 5.41) is 11.8. The number of nitrogens with two attached hydrogens (primary N) is 1. The fourth-order valence-electron chi connectivity index (χ4n) is 3.28. The number of carboxylic acid groups (broad SMARTS) is 1. The molecule has 0 unspecified atom stereocenters. The maximum atomic E-state index is 12.6. The number of benzene rings is 1. The van der Waals surface area contributed by atoms with Crippen molar-refractivity contribution in [1.82, 2.24) is 15.0 Å². The predicted molar refractivity (Wildman–Crippen MR) is 108 cm³/mol. The zero-order chi connectivity index (χ0) is 21.0. The zero-order valence-electron chi connectivity index (χ0n) is 15.8. The Hall–Kier alpha value is -2.85. The van der Waals surface area contributed by atoms with Crippen LogP contribution in [-0.2, 0) is 5.54 Å². The molecule has 0 atom stereocenters. The van der Waals surface area contributed by atoms with Crippen LogP contribution < -0.4 is 11.1 Å². The van der Waals surface area contributed by atoms with Crippen molar-refractivity contribution in [2.24, 2.45) is 5.73 Å². The number of aromatic carboxylic acids is 1. The van der Waals surface area contributed by atoms with E-state index in [2.05, 4.69) is 20.3 Å². The number of aromatic amines is 1. The largest absolute Gasteiger partial charge is 0.478 e. The first kappa shape index (κ1) is 21.8. The highest BCUT2D eigenvalue weighted by atomic mass is 35.5. The summed E-state index contributed by atoms with van der Waals surface area (Å²) in [5.74, 6) is -1.08. The highest BCUT2D eigenvalue weighted by Gasteiger charge is 2.44. The average Bonchev–Trinajstić information content (AvgIpc) is 3.22. The molecule has 11 heteroatoms. The number of carbonyl (C=O) groups is 1. The molecule has 0 spiro atoms. The summed E-state index contributed by atoms with van der Waals surface area (Å²) in [7, 11) is 0. The molecule has 1 aromatic carbocycles. The van der Waals surface area contributed by atoms with Crippen LogP contribution in [0.1, 0.15) is 34.6 Å². The van der Waals surface area contributed by atoms with Gasteiger partial charge in [0.1, 0.15) is 17.9 Å². The van der Waals surface area contributed by atoms with E-state index in [1.807, 2.05) is 0 Å². The lowest BCUT2D eigenvalue weighted by Crippen LogP contribution is -2.22. The third-order valence-electron chi connectivity index (χ3n) is 4.95. The van der Waals surface area contributed by atoms with E-state index < -0.39 is 24.2 Å². The number of rotatable bonds is 5. The molecule has 4 rings (SSSR count). The second-order valence-corrected chi connectivity index (χ2v) is 7.23. The number of alkyl halides is 3. The Morgan fingerprint density at radius 1 is 1.33 bits per heavy atom. The number of nitrogens with one attached hydrogen (secondary N) is 2. The van der Waals surface area contributed by atoms with Gasteiger partial charge in [0.2, 0.25) is 0 Å². The van der Waals surface area contributed by atoms with Crippen LogP contribution in [0.4, 0.5) is 19.0 Å². The maximum absolute atomic E-state index is 12.6. The number of hydrogen-bond acceptors (Lipinski definition) is 5. The molecular weight excluding hydrogens is 423 g/mol. The van der Waals surface area contributed by atoms with Crippen LogP contribution in [0, 0.1) is 6.92 Å². The van der Waals surface area contributed by atoms with Crippen LogP contribution in [0.15, 0.2) is 24.3 Å². The zero-order valence-corrected chi connectivity index (χ0v) is 16.6. The van der Waals surface area contributed by atoms with Crippen LogP contribution in [-0.4, -0.2) is 38.7 Å². The predicted octanol–water partition coefficient (Wildman–Crippen LogP) is 3.98. The van der Waals surface area contributed by atoms with Gasteiger partial charge in [-0.15, -0.1) is 12.4 Å². The van der Waals surface area contributed by atoms with E-state index in [0.29, 0.717) is 46.5 Å². The summed E-state index contributed by atoms with van der Waals surface area (Å²) in [6, 6.07) is 6.60. The van der Waals surface area contributed by atoms with Crippen molar-refractivity contribution in [3.63, 3.8) is 0 Å².